The molecule has 0 aliphatic carbocycles. The zero-order chi connectivity index (χ0) is 27.1. The molecule has 194 valence electrons. The van der Waals surface area contributed by atoms with Crippen LogP contribution in [0.5, 0.6) is 11.5 Å². The second-order valence-corrected chi connectivity index (χ2v) is 9.43. The summed E-state index contributed by atoms with van der Waals surface area (Å²) in [6.07, 6.45) is 4.09. The number of hydrogen-bond donors (Lipinski definition) is 2. The zero-order valence-electron chi connectivity index (χ0n) is 21.0. The number of pyridine rings is 1. The number of thioether (sulfide) groups is 1. The number of ether oxygens (including phenoxy) is 1. The Bertz CT molecular complexity index is 1500. The van der Waals surface area contributed by atoms with Gasteiger partial charge in [0.25, 0.3) is 0 Å². The molecule has 0 atom stereocenters. The highest BCUT2D eigenvalue weighted by atomic mass is 32.2. The molecule has 0 radical (unpaired) electrons. The lowest BCUT2D eigenvalue weighted by molar-refractivity contribution is -0.116. The first kappa shape index (κ1) is 26.8. The van der Waals surface area contributed by atoms with Gasteiger partial charge < -0.3 is 20.5 Å². The van der Waals surface area contributed by atoms with Gasteiger partial charge in [0, 0.05) is 47.0 Å². The molecule has 0 fully saturated rings. The highest BCUT2D eigenvalue weighted by Gasteiger charge is 2.20. The van der Waals surface area contributed by atoms with Crippen LogP contribution in [0.4, 0.5) is 5.82 Å². The second-order valence-electron chi connectivity index (χ2n) is 8.36. The SMILES string of the molecule is CC(=C(CCO)SC(=O)c1ccccc1Oc1cccc2cccnc12)N(C=O)Cc1cnc(C)nc1N. The summed E-state index contributed by atoms with van der Waals surface area (Å²) in [4.78, 5) is 40.1. The van der Waals surface area contributed by atoms with Gasteiger partial charge in [-0.05, 0) is 49.9 Å². The minimum absolute atomic E-state index is 0.124. The Labute approximate surface area is 224 Å². The van der Waals surface area contributed by atoms with Crippen molar-refractivity contribution in [3.8, 4) is 11.5 Å². The van der Waals surface area contributed by atoms with Gasteiger partial charge in [0.2, 0.25) is 11.5 Å². The number of carbonyl (C=O) groups is 2. The van der Waals surface area contributed by atoms with Gasteiger partial charge in [0.1, 0.15) is 22.9 Å². The Balaban J connectivity index is 1.61. The first-order valence-corrected chi connectivity index (χ1v) is 12.7. The summed E-state index contributed by atoms with van der Waals surface area (Å²) in [6, 6.07) is 16.3. The van der Waals surface area contributed by atoms with E-state index in [9.17, 15) is 14.7 Å². The predicted octanol–water partition coefficient (Wildman–Crippen LogP) is 4.85. The third kappa shape index (κ3) is 6.16. The monoisotopic (exact) mass is 529 g/mol. The quantitative estimate of drug-likeness (QED) is 0.277. The van der Waals surface area contributed by atoms with Crippen LogP contribution in [0.2, 0.25) is 0 Å². The summed E-state index contributed by atoms with van der Waals surface area (Å²) in [5.74, 6) is 1.71. The molecular weight excluding hydrogens is 502 g/mol. The molecule has 4 rings (SSSR count). The van der Waals surface area contributed by atoms with E-state index >= 15 is 0 Å². The minimum atomic E-state index is -0.291. The average molecular weight is 530 g/mol. The fraction of sp³-hybridized carbons (Fsp3) is 0.179. The Morgan fingerprint density at radius 1 is 1.11 bits per heavy atom. The second kappa shape index (κ2) is 12.3. The molecule has 10 heteroatoms. The van der Waals surface area contributed by atoms with Crippen LogP contribution >= 0.6 is 11.8 Å². The van der Waals surface area contributed by atoms with Crippen LogP contribution in [0.25, 0.3) is 10.9 Å². The number of fused-ring (bicyclic) bond motifs is 1. The van der Waals surface area contributed by atoms with Crippen molar-refractivity contribution in [3.63, 3.8) is 0 Å². The number of rotatable bonds is 10. The molecule has 2 aromatic heterocycles. The van der Waals surface area contributed by atoms with E-state index in [2.05, 4.69) is 15.0 Å². The van der Waals surface area contributed by atoms with Crippen molar-refractivity contribution in [2.24, 2.45) is 0 Å². The van der Waals surface area contributed by atoms with Gasteiger partial charge in [0.15, 0.2) is 5.75 Å². The predicted molar refractivity (Wildman–Crippen MR) is 147 cm³/mol. The van der Waals surface area contributed by atoms with E-state index in [1.54, 1.807) is 56.6 Å². The molecule has 0 saturated heterocycles. The number of aliphatic hydroxyl groups excluding tert-OH is 1. The maximum absolute atomic E-state index is 13.5. The number of amides is 1. The standard InChI is InChI=1S/C28H27N5O4S/c1-18(33(17-35)16-21-15-31-19(2)32-27(21)29)25(12-14-34)38-28(36)22-9-3-4-10-23(22)37-24-11-5-7-20-8-6-13-30-26(20)24/h3-11,13,15,17,34H,12,14,16H2,1-2H3,(H2,29,31,32). The van der Waals surface area contributed by atoms with E-state index < -0.39 is 0 Å². The third-order valence-electron chi connectivity index (χ3n) is 5.80. The Morgan fingerprint density at radius 3 is 2.63 bits per heavy atom. The highest BCUT2D eigenvalue weighted by molar-refractivity contribution is 8.17. The molecule has 38 heavy (non-hydrogen) atoms. The van der Waals surface area contributed by atoms with Crippen LogP contribution in [-0.2, 0) is 11.3 Å². The van der Waals surface area contributed by atoms with Gasteiger partial charge in [-0.15, -0.1) is 0 Å². The van der Waals surface area contributed by atoms with Gasteiger partial charge in [-0.2, -0.15) is 0 Å². The summed E-state index contributed by atoms with van der Waals surface area (Å²) >= 11 is 0.942. The van der Waals surface area contributed by atoms with Crippen LogP contribution in [-0.4, -0.2) is 43.1 Å². The number of anilines is 1. The third-order valence-corrected chi connectivity index (χ3v) is 6.95. The van der Waals surface area contributed by atoms with Gasteiger partial charge >= 0.3 is 0 Å². The lowest BCUT2D eigenvalue weighted by atomic mass is 10.2. The maximum Gasteiger partial charge on any atom is 0.227 e. The van der Waals surface area contributed by atoms with Crippen molar-refractivity contribution < 1.29 is 19.4 Å². The minimum Gasteiger partial charge on any atom is -0.454 e. The lowest BCUT2D eigenvalue weighted by Gasteiger charge is -2.22. The molecule has 0 spiro atoms. The number of benzene rings is 2. The lowest BCUT2D eigenvalue weighted by Crippen LogP contribution is -2.22. The van der Waals surface area contributed by atoms with Gasteiger partial charge in [0.05, 0.1) is 12.1 Å². The molecule has 2 aromatic carbocycles. The van der Waals surface area contributed by atoms with E-state index in [0.29, 0.717) is 51.0 Å². The number of carbonyl (C=O) groups excluding carboxylic acids is 2. The first-order valence-electron chi connectivity index (χ1n) is 11.8. The molecule has 3 N–H and O–H groups in total. The summed E-state index contributed by atoms with van der Waals surface area (Å²) in [7, 11) is 0. The molecule has 0 saturated carbocycles. The number of para-hydroxylation sites is 2. The highest BCUT2D eigenvalue weighted by Crippen LogP contribution is 2.35. The number of aliphatic hydroxyl groups is 1. The number of nitrogen functional groups attached to an aromatic ring is 1. The van der Waals surface area contributed by atoms with Gasteiger partial charge in [-0.3, -0.25) is 14.6 Å². The molecule has 0 bridgehead atoms. The number of allylic oxidation sites excluding steroid dienone is 1. The van der Waals surface area contributed by atoms with Crippen molar-refractivity contribution >= 4 is 40.0 Å². The number of aromatic nitrogens is 3. The number of aryl methyl sites for hydroxylation is 1. The number of hydrogen-bond acceptors (Lipinski definition) is 9. The Kier molecular flexibility index (Phi) is 8.67. The Hall–Kier alpha value is -4.28. The molecule has 0 aliphatic rings. The maximum atomic E-state index is 13.5. The van der Waals surface area contributed by atoms with Crippen molar-refractivity contribution in [2.75, 3.05) is 12.3 Å². The summed E-state index contributed by atoms with van der Waals surface area (Å²) < 4.78 is 6.16. The Morgan fingerprint density at radius 2 is 1.87 bits per heavy atom. The topological polar surface area (TPSA) is 132 Å². The molecule has 0 aliphatic heterocycles. The van der Waals surface area contributed by atoms with Crippen molar-refractivity contribution in [1.29, 1.82) is 0 Å². The molecule has 2 heterocycles. The van der Waals surface area contributed by atoms with E-state index in [0.717, 1.165) is 17.1 Å². The van der Waals surface area contributed by atoms with Gasteiger partial charge in [-0.1, -0.05) is 30.3 Å². The van der Waals surface area contributed by atoms with Gasteiger partial charge in [-0.25, -0.2) is 9.97 Å². The van der Waals surface area contributed by atoms with Crippen LogP contribution in [0.15, 0.2) is 77.6 Å². The van der Waals surface area contributed by atoms with E-state index in [4.69, 9.17) is 10.5 Å². The first-order chi connectivity index (χ1) is 18.4. The largest absolute Gasteiger partial charge is 0.454 e. The van der Waals surface area contributed by atoms with E-state index in [-0.39, 0.29) is 30.5 Å². The molecule has 9 nitrogen and oxygen atoms in total. The van der Waals surface area contributed by atoms with Crippen molar-refractivity contribution in [1.82, 2.24) is 19.9 Å². The normalized spacial score (nSPS) is 11.7. The number of nitrogens with two attached hydrogens (primary N) is 1. The fourth-order valence-electron chi connectivity index (χ4n) is 3.79. The van der Waals surface area contributed by atoms with Crippen molar-refractivity contribution in [2.45, 2.75) is 26.8 Å². The van der Waals surface area contributed by atoms with Crippen LogP contribution < -0.4 is 10.5 Å². The van der Waals surface area contributed by atoms with Crippen molar-refractivity contribution in [3.05, 3.63) is 94.5 Å². The average Bonchev–Trinajstić information content (AvgIpc) is 2.92. The number of nitrogens with zero attached hydrogens (tertiary/aromatic N) is 4. The fourth-order valence-corrected chi connectivity index (χ4v) is 4.75. The van der Waals surface area contributed by atoms with Crippen LogP contribution in [0.1, 0.15) is 35.1 Å². The van der Waals surface area contributed by atoms with E-state index in [1.807, 2.05) is 24.3 Å². The van der Waals surface area contributed by atoms with Crippen LogP contribution in [0.3, 0.4) is 0 Å². The molecule has 0 unspecified atom stereocenters. The molecular formula is C28H27N5O4S. The molecule has 1 amide bonds. The smallest absolute Gasteiger partial charge is 0.227 e. The summed E-state index contributed by atoms with van der Waals surface area (Å²) in [6.45, 7) is 3.37. The van der Waals surface area contributed by atoms with E-state index in [1.165, 1.54) is 4.90 Å². The summed E-state index contributed by atoms with van der Waals surface area (Å²) in [5.41, 5.74) is 8.13. The molecule has 4 aromatic rings. The zero-order valence-corrected chi connectivity index (χ0v) is 21.8. The van der Waals surface area contributed by atoms with Crippen LogP contribution in [0, 0.1) is 6.92 Å². The summed E-state index contributed by atoms with van der Waals surface area (Å²) in [5, 5.41) is 10.3.